The van der Waals surface area contributed by atoms with Crippen LogP contribution in [0.25, 0.3) is 0 Å². The molecule has 7 nitrogen and oxygen atoms in total. The number of nitrogens with zero attached hydrogens (tertiary/aromatic N) is 2. The molecule has 2 aliphatic rings. The molecule has 0 saturated carbocycles. The van der Waals surface area contributed by atoms with Crippen molar-refractivity contribution in [2.75, 3.05) is 19.7 Å². The Balaban J connectivity index is 1.26. The first-order chi connectivity index (χ1) is 17.9. The fourth-order valence-electron chi connectivity index (χ4n) is 4.68. The Morgan fingerprint density at radius 1 is 1.16 bits per heavy atom. The zero-order valence-electron chi connectivity index (χ0n) is 21.6. The van der Waals surface area contributed by atoms with Crippen molar-refractivity contribution < 1.29 is 19.3 Å². The number of hydrogen-bond donors (Lipinski definition) is 1. The normalized spacial score (nSPS) is 19.9. The van der Waals surface area contributed by atoms with E-state index in [9.17, 15) is 9.59 Å². The first-order valence-electron chi connectivity index (χ1n) is 12.8. The monoisotopic (exact) mass is 501 g/mol. The standard InChI is InChI=1S/C30H35N3O4/c1-4-8-22(2)21-36-32-29(35)30(3)20-27(31-37-30)25-11-13-26(14-12-25)28(34)33-17-15-24(16-18-33)19-23-9-6-5-7-10-23/h4-14,24H,2,15-21H2,1,3H3,(H,32,35). The zero-order chi connectivity index (χ0) is 26.3. The van der Waals surface area contributed by atoms with Crippen LogP contribution < -0.4 is 5.48 Å². The number of carbonyl (C=O) groups is 2. The second kappa shape index (κ2) is 12.0. The van der Waals surface area contributed by atoms with Gasteiger partial charge in [-0.25, -0.2) is 5.48 Å². The Bertz CT molecular complexity index is 1170. The summed E-state index contributed by atoms with van der Waals surface area (Å²) in [5, 5.41) is 4.14. The summed E-state index contributed by atoms with van der Waals surface area (Å²) in [7, 11) is 0. The van der Waals surface area contributed by atoms with Crippen LogP contribution in [0.5, 0.6) is 0 Å². The van der Waals surface area contributed by atoms with E-state index in [1.165, 1.54) is 5.56 Å². The number of hydrogen-bond acceptors (Lipinski definition) is 5. The van der Waals surface area contributed by atoms with Gasteiger partial charge in [0.25, 0.3) is 11.8 Å². The minimum absolute atomic E-state index is 0.0511. The highest BCUT2D eigenvalue weighted by Gasteiger charge is 2.42. The number of benzene rings is 2. The number of nitrogens with one attached hydrogen (secondary N) is 1. The van der Waals surface area contributed by atoms with E-state index in [-0.39, 0.29) is 12.5 Å². The summed E-state index contributed by atoms with van der Waals surface area (Å²) in [4.78, 5) is 38.3. The van der Waals surface area contributed by atoms with Gasteiger partial charge in [0.2, 0.25) is 5.60 Å². The summed E-state index contributed by atoms with van der Waals surface area (Å²) in [5.41, 5.74) is 5.47. The number of likely N-dealkylation sites (tertiary alicyclic amines) is 1. The molecule has 0 bridgehead atoms. The molecule has 0 aliphatic carbocycles. The van der Waals surface area contributed by atoms with E-state index < -0.39 is 11.5 Å². The maximum atomic E-state index is 13.1. The fraction of sp³-hybridized carbons (Fsp3) is 0.367. The highest BCUT2D eigenvalue weighted by atomic mass is 16.7. The number of amides is 2. The number of carbonyl (C=O) groups excluding carboxylic acids is 2. The van der Waals surface area contributed by atoms with E-state index in [4.69, 9.17) is 9.68 Å². The Morgan fingerprint density at radius 2 is 1.86 bits per heavy atom. The van der Waals surface area contributed by atoms with Crippen molar-refractivity contribution in [3.05, 3.63) is 95.6 Å². The van der Waals surface area contributed by atoms with Gasteiger partial charge < -0.3 is 9.74 Å². The van der Waals surface area contributed by atoms with Crippen LogP contribution >= 0.6 is 0 Å². The summed E-state index contributed by atoms with van der Waals surface area (Å²) in [5.74, 6) is 0.246. The molecule has 2 amide bonds. The van der Waals surface area contributed by atoms with Gasteiger partial charge in [-0.2, -0.15) is 0 Å². The van der Waals surface area contributed by atoms with Crippen molar-refractivity contribution in [3.63, 3.8) is 0 Å². The molecule has 194 valence electrons. The van der Waals surface area contributed by atoms with Crippen LogP contribution in [0.2, 0.25) is 0 Å². The molecule has 1 unspecified atom stereocenters. The largest absolute Gasteiger partial charge is 0.379 e. The molecule has 4 rings (SSSR count). The Hall–Kier alpha value is -3.71. The molecule has 1 N–H and O–H groups in total. The summed E-state index contributed by atoms with van der Waals surface area (Å²) < 4.78 is 0. The first kappa shape index (κ1) is 26.4. The zero-order valence-corrected chi connectivity index (χ0v) is 21.6. The number of oxime groups is 1. The van der Waals surface area contributed by atoms with Crippen molar-refractivity contribution in [2.45, 2.75) is 45.1 Å². The molecule has 1 saturated heterocycles. The first-order valence-corrected chi connectivity index (χ1v) is 12.8. The topological polar surface area (TPSA) is 80.2 Å². The SMILES string of the molecule is C=C(C=CC)CONC(=O)C1(C)CC(c2ccc(C(=O)N3CCC(Cc4ccccc4)CC3)cc2)=NO1. The van der Waals surface area contributed by atoms with E-state index in [1.54, 1.807) is 6.92 Å². The lowest BCUT2D eigenvalue weighted by molar-refractivity contribution is -0.154. The minimum atomic E-state index is -1.17. The molecule has 1 fully saturated rings. The summed E-state index contributed by atoms with van der Waals surface area (Å²) >= 11 is 0. The van der Waals surface area contributed by atoms with Gasteiger partial charge >= 0.3 is 0 Å². The number of allylic oxidation sites excluding steroid dienone is 1. The summed E-state index contributed by atoms with van der Waals surface area (Å²) in [6, 6.07) is 17.9. The summed E-state index contributed by atoms with van der Waals surface area (Å²) in [6.07, 6.45) is 7.05. The van der Waals surface area contributed by atoms with Gasteiger partial charge in [-0.15, -0.1) is 0 Å². The van der Waals surface area contributed by atoms with Crippen molar-refractivity contribution in [1.29, 1.82) is 0 Å². The van der Waals surface area contributed by atoms with Crippen molar-refractivity contribution in [3.8, 4) is 0 Å². The minimum Gasteiger partial charge on any atom is -0.379 e. The van der Waals surface area contributed by atoms with E-state index in [1.807, 2.05) is 54.3 Å². The maximum Gasteiger partial charge on any atom is 0.290 e. The molecular weight excluding hydrogens is 466 g/mol. The fourth-order valence-corrected chi connectivity index (χ4v) is 4.68. The lowest BCUT2D eigenvalue weighted by Crippen LogP contribution is -2.44. The molecule has 2 aromatic rings. The molecule has 0 radical (unpaired) electrons. The lowest BCUT2D eigenvalue weighted by atomic mass is 9.90. The molecule has 2 heterocycles. The second-order valence-electron chi connectivity index (χ2n) is 9.92. The highest BCUT2D eigenvalue weighted by molar-refractivity contribution is 6.06. The van der Waals surface area contributed by atoms with Crippen LogP contribution in [0, 0.1) is 5.92 Å². The summed E-state index contributed by atoms with van der Waals surface area (Å²) in [6.45, 7) is 9.11. The third kappa shape index (κ3) is 6.74. The molecule has 2 aromatic carbocycles. The second-order valence-corrected chi connectivity index (χ2v) is 9.92. The number of rotatable bonds is 9. The lowest BCUT2D eigenvalue weighted by Gasteiger charge is -2.32. The van der Waals surface area contributed by atoms with E-state index in [0.29, 0.717) is 23.6 Å². The number of piperidine rings is 1. The van der Waals surface area contributed by atoms with Crippen molar-refractivity contribution >= 4 is 17.5 Å². The Morgan fingerprint density at radius 3 is 2.54 bits per heavy atom. The Labute approximate surface area is 218 Å². The van der Waals surface area contributed by atoms with Gasteiger partial charge in [-0.1, -0.05) is 66.4 Å². The van der Waals surface area contributed by atoms with Crippen LogP contribution in [0.1, 0.15) is 54.6 Å². The molecular formula is C30H35N3O4. The van der Waals surface area contributed by atoms with Gasteiger partial charge in [0.1, 0.15) is 0 Å². The van der Waals surface area contributed by atoms with Crippen LogP contribution in [0.15, 0.2) is 84.1 Å². The average molecular weight is 502 g/mol. The predicted octanol–water partition coefficient (Wildman–Crippen LogP) is 4.84. The molecule has 0 spiro atoms. The van der Waals surface area contributed by atoms with Crippen LogP contribution in [-0.4, -0.2) is 47.7 Å². The molecule has 0 aromatic heterocycles. The molecule has 37 heavy (non-hydrogen) atoms. The third-order valence-corrected chi connectivity index (χ3v) is 6.90. The van der Waals surface area contributed by atoms with Crippen LogP contribution in [0.3, 0.4) is 0 Å². The van der Waals surface area contributed by atoms with E-state index in [0.717, 1.165) is 43.5 Å². The quantitative estimate of drug-likeness (QED) is 0.394. The van der Waals surface area contributed by atoms with Gasteiger partial charge in [-0.3, -0.25) is 14.4 Å². The molecule has 7 heteroatoms. The van der Waals surface area contributed by atoms with Gasteiger partial charge in [0.15, 0.2) is 0 Å². The average Bonchev–Trinajstić information content (AvgIpc) is 3.33. The van der Waals surface area contributed by atoms with Gasteiger partial charge in [-0.05, 0) is 67.9 Å². The Kier molecular flexibility index (Phi) is 8.56. The van der Waals surface area contributed by atoms with Crippen molar-refractivity contribution in [2.24, 2.45) is 11.1 Å². The van der Waals surface area contributed by atoms with Crippen molar-refractivity contribution in [1.82, 2.24) is 10.4 Å². The molecule has 1 atom stereocenters. The smallest absolute Gasteiger partial charge is 0.290 e. The van der Waals surface area contributed by atoms with Crippen LogP contribution in [-0.2, 0) is 20.9 Å². The highest BCUT2D eigenvalue weighted by Crippen LogP contribution is 2.28. The van der Waals surface area contributed by atoms with Gasteiger partial charge in [0.05, 0.1) is 12.3 Å². The predicted molar refractivity (Wildman–Crippen MR) is 144 cm³/mol. The van der Waals surface area contributed by atoms with E-state index >= 15 is 0 Å². The van der Waals surface area contributed by atoms with E-state index in [2.05, 4.69) is 41.5 Å². The van der Waals surface area contributed by atoms with Crippen LogP contribution in [0.4, 0.5) is 0 Å². The number of hydroxylamine groups is 1. The molecule has 2 aliphatic heterocycles. The maximum absolute atomic E-state index is 13.1. The third-order valence-electron chi connectivity index (χ3n) is 6.90. The van der Waals surface area contributed by atoms with Gasteiger partial charge in [0, 0.05) is 25.1 Å².